The molecule has 0 unspecified atom stereocenters. The highest BCUT2D eigenvalue weighted by atomic mass is 32.1. The molecule has 6 aromatic heterocycles. The quantitative estimate of drug-likeness (QED) is 0.0334. The molecule has 0 atom stereocenters. The number of hydrogen-bond acceptors (Lipinski definition) is 6. The van der Waals surface area contributed by atoms with E-state index in [0.29, 0.717) is 0 Å². The Hall–Kier alpha value is -4.14. The Kier molecular flexibility index (Phi) is 26.9. The van der Waals surface area contributed by atoms with Gasteiger partial charge in [-0.05, 0) is 192 Å². The first-order valence-electron chi connectivity index (χ1n) is 40.4. The molecular weight excluding hydrogens is 1300 g/mol. The van der Waals surface area contributed by atoms with Gasteiger partial charge in [-0.25, -0.2) is 0 Å². The van der Waals surface area contributed by atoms with Crippen molar-refractivity contribution in [1.82, 2.24) is 0 Å². The van der Waals surface area contributed by atoms with E-state index in [1.54, 1.807) is 118 Å². The van der Waals surface area contributed by atoms with Crippen LogP contribution >= 0.6 is 68.0 Å². The second kappa shape index (κ2) is 35.8. The van der Waals surface area contributed by atoms with Crippen molar-refractivity contribution in [3.63, 3.8) is 0 Å². The van der Waals surface area contributed by atoms with Gasteiger partial charge in [0.1, 0.15) is 0 Å². The van der Waals surface area contributed by atoms with E-state index in [1.807, 2.05) is 22.7 Å². The number of hydrogen-bond donors (Lipinski definition) is 0. The highest BCUT2D eigenvalue weighted by Gasteiger charge is 2.57. The van der Waals surface area contributed by atoms with E-state index in [4.69, 9.17) is 0 Å². The number of benzene rings is 4. The normalized spacial score (nSPS) is 13.7. The Morgan fingerprint density at radius 1 is 0.224 bits per heavy atom. The minimum atomic E-state index is -0.505. The Balaban J connectivity index is 1.21. The summed E-state index contributed by atoms with van der Waals surface area (Å²) in [6, 6.07) is 38.3. The average molecular weight is 1420 g/mol. The molecule has 0 saturated heterocycles. The van der Waals surface area contributed by atoms with Crippen molar-refractivity contribution in [2.45, 2.75) is 323 Å². The average Bonchev–Trinajstić information content (AvgIpc) is 1.48. The molecule has 4 aromatic carbocycles. The zero-order valence-corrected chi connectivity index (χ0v) is 66.9. The number of fused-ring (bicyclic) bond motifs is 13. The lowest BCUT2D eigenvalue weighted by atomic mass is 9.65. The third kappa shape index (κ3) is 15.7. The molecule has 98 heavy (non-hydrogen) atoms. The van der Waals surface area contributed by atoms with E-state index in [2.05, 4.69) is 196 Å². The molecule has 0 nitrogen and oxygen atoms in total. The summed E-state index contributed by atoms with van der Waals surface area (Å²) in [5.74, 6) is 0. The summed E-state index contributed by atoms with van der Waals surface area (Å²) >= 11 is 12.8. The highest BCUT2D eigenvalue weighted by Crippen LogP contribution is 2.72. The molecule has 524 valence electrons. The molecule has 0 fully saturated rings. The minimum absolute atomic E-state index is 0.505. The van der Waals surface area contributed by atoms with Crippen molar-refractivity contribution < 1.29 is 0 Å². The van der Waals surface area contributed by atoms with Crippen LogP contribution < -0.4 is 0 Å². The van der Waals surface area contributed by atoms with Crippen molar-refractivity contribution >= 4 is 96.2 Å². The van der Waals surface area contributed by atoms with Gasteiger partial charge >= 0.3 is 0 Å². The van der Waals surface area contributed by atoms with E-state index in [0.717, 1.165) is 51.4 Å². The summed E-state index contributed by atoms with van der Waals surface area (Å²) in [5.41, 5.74) is 24.2. The van der Waals surface area contributed by atoms with Crippen molar-refractivity contribution in [3.05, 3.63) is 185 Å². The van der Waals surface area contributed by atoms with Crippen LogP contribution in [0.15, 0.2) is 95.7 Å². The molecule has 0 spiro atoms. The van der Waals surface area contributed by atoms with Crippen LogP contribution in [0, 0.1) is 0 Å². The third-order valence-electron chi connectivity index (χ3n) is 22.5. The fourth-order valence-electron chi connectivity index (χ4n) is 17.4. The summed E-state index contributed by atoms with van der Waals surface area (Å²) in [6.07, 6.45) is 50.2. The van der Waals surface area contributed by atoms with Gasteiger partial charge in [-0.3, -0.25) is 0 Å². The molecule has 6 heteroatoms. The van der Waals surface area contributed by atoms with Crippen LogP contribution in [0.4, 0.5) is 0 Å². The van der Waals surface area contributed by atoms with Gasteiger partial charge in [0.05, 0.1) is 49.1 Å². The first kappa shape index (κ1) is 73.6. The lowest BCUT2D eigenvalue weighted by Gasteiger charge is -2.35. The van der Waals surface area contributed by atoms with E-state index in [9.17, 15) is 0 Å². The second-order valence-electron chi connectivity index (χ2n) is 30.2. The smallest absolute Gasteiger partial charge is 0.0759 e. The number of aryl methyl sites for hydroxylation is 8. The van der Waals surface area contributed by atoms with Crippen LogP contribution in [-0.4, -0.2) is 0 Å². The van der Waals surface area contributed by atoms with Gasteiger partial charge in [-0.2, -0.15) is 0 Å². The van der Waals surface area contributed by atoms with Crippen LogP contribution in [0.5, 0.6) is 0 Å². The maximum atomic E-state index is 2.81. The zero-order chi connectivity index (χ0) is 67.9. The molecule has 0 aliphatic heterocycles. The maximum Gasteiger partial charge on any atom is 0.0759 e. The van der Waals surface area contributed by atoms with Crippen molar-refractivity contribution in [3.8, 4) is 19.5 Å². The lowest BCUT2D eigenvalue weighted by molar-refractivity contribution is 0.656. The van der Waals surface area contributed by atoms with Gasteiger partial charge in [0, 0.05) is 31.7 Å². The van der Waals surface area contributed by atoms with Crippen molar-refractivity contribution in [1.29, 1.82) is 0 Å². The van der Waals surface area contributed by atoms with E-state index in [1.165, 1.54) is 224 Å². The summed E-state index contributed by atoms with van der Waals surface area (Å²) < 4.78 is 9.17. The number of rotatable bonds is 44. The summed E-state index contributed by atoms with van der Waals surface area (Å²) in [6.45, 7) is 19.0. The number of thiophene rings is 6. The van der Waals surface area contributed by atoms with E-state index < -0.39 is 10.8 Å². The molecule has 2 aliphatic carbocycles. The molecule has 6 heterocycles. The zero-order valence-electron chi connectivity index (χ0n) is 62.0. The second-order valence-corrected chi connectivity index (χ2v) is 36.2. The minimum Gasteiger partial charge on any atom is -0.143 e. The van der Waals surface area contributed by atoms with Crippen LogP contribution in [0.25, 0.3) is 47.7 Å². The van der Waals surface area contributed by atoms with Crippen molar-refractivity contribution in [2.24, 2.45) is 0 Å². The van der Waals surface area contributed by atoms with Crippen LogP contribution in [0.1, 0.15) is 350 Å². The summed E-state index contributed by atoms with van der Waals surface area (Å²) in [5, 5.41) is 4.87. The van der Waals surface area contributed by atoms with E-state index >= 15 is 0 Å². The predicted molar refractivity (Wildman–Crippen MR) is 444 cm³/mol. The van der Waals surface area contributed by atoms with E-state index in [-0.39, 0.29) is 0 Å². The third-order valence-corrected chi connectivity index (χ3v) is 29.8. The van der Waals surface area contributed by atoms with Crippen LogP contribution in [0.2, 0.25) is 0 Å². The molecule has 0 bridgehead atoms. The summed E-state index contributed by atoms with van der Waals surface area (Å²) in [4.78, 5) is 6.26. The van der Waals surface area contributed by atoms with Gasteiger partial charge < -0.3 is 0 Å². The van der Waals surface area contributed by atoms with Gasteiger partial charge in [-0.1, -0.05) is 282 Å². The Morgan fingerprint density at radius 2 is 0.429 bits per heavy atom. The summed E-state index contributed by atoms with van der Waals surface area (Å²) in [7, 11) is 0. The maximum absolute atomic E-state index is 2.81. The molecule has 12 rings (SSSR count). The molecule has 0 amide bonds. The fraction of sp³-hybridized carbons (Fsp3) is 0.543. The lowest BCUT2D eigenvalue weighted by Crippen LogP contribution is -2.30. The van der Waals surface area contributed by atoms with Crippen molar-refractivity contribution in [2.75, 3.05) is 0 Å². The molecular formula is C92H120S6. The molecule has 10 aromatic rings. The largest absolute Gasteiger partial charge is 0.143 e. The topological polar surface area (TPSA) is 0 Å². The highest BCUT2D eigenvalue weighted by molar-refractivity contribution is 7.37. The van der Waals surface area contributed by atoms with Gasteiger partial charge in [0.25, 0.3) is 0 Å². The first-order chi connectivity index (χ1) is 48.3. The monoisotopic (exact) mass is 1420 g/mol. The van der Waals surface area contributed by atoms with Crippen LogP contribution in [0.3, 0.4) is 0 Å². The first-order valence-corrected chi connectivity index (χ1v) is 45.4. The standard InChI is InChI=1S/C92H120S6/c1-9-17-25-33-41-65-53-66(42-34-26-18-10-2)58-73(57-65)91(74-59-67(43-35-27-19-11-3)54-68(60-74)44-36-28-20-12-4)79-83-77(49-51-93-83)95-85(79)87-81(91)89-90(97-87)82-88(98-89)86-80(84-78(96-86)50-52-94-84)92(82,75-61-69(45-37-29-21-13-5)55-70(62-75)46-38-30-22-14-6)76-63-71(47-39-31-23-15-7)56-72(64-76)48-40-32-24-16-8/h49-64H,9-48H2,1-8H3. The van der Waals surface area contributed by atoms with Crippen LogP contribution in [-0.2, 0) is 62.2 Å². The van der Waals surface area contributed by atoms with Gasteiger partial charge in [0.2, 0.25) is 0 Å². The van der Waals surface area contributed by atoms with Gasteiger partial charge in [0.15, 0.2) is 0 Å². The Labute approximate surface area is 618 Å². The fourth-order valence-corrected chi connectivity index (χ4v) is 25.8. The number of unbranched alkanes of at least 4 members (excludes halogenated alkanes) is 24. The Morgan fingerprint density at radius 3 is 0.643 bits per heavy atom. The molecule has 0 radical (unpaired) electrons. The SMILES string of the molecule is CCCCCCc1cc(CCCCCC)cc(C2(c3cc(CCCCCC)cc(CCCCCC)c3)c3c(sc4ccsc34)-c3sc4c5c(sc4c32)-c2sc3ccsc3c2C5(c2cc(CCCCCC)cc(CCCCCC)c2)c2cc(CCCCCC)cc(CCCCCC)c2)c1. The Bertz CT molecular complexity index is 3620. The predicted octanol–water partition coefficient (Wildman–Crippen LogP) is 31.2. The molecule has 0 saturated carbocycles. The van der Waals surface area contributed by atoms with Gasteiger partial charge in [-0.15, -0.1) is 68.0 Å². The molecule has 2 aliphatic rings. The molecule has 0 N–H and O–H groups in total.